The van der Waals surface area contributed by atoms with Crippen molar-refractivity contribution < 1.29 is 13.9 Å². The van der Waals surface area contributed by atoms with Crippen LogP contribution in [0.2, 0.25) is 10.0 Å². The second-order valence-corrected chi connectivity index (χ2v) is 11.4. The van der Waals surface area contributed by atoms with E-state index in [9.17, 15) is 4.79 Å². The van der Waals surface area contributed by atoms with Crippen molar-refractivity contribution in [3.63, 3.8) is 0 Å². The molecule has 6 nitrogen and oxygen atoms in total. The lowest BCUT2D eigenvalue weighted by atomic mass is 9.95. The first-order valence-corrected chi connectivity index (χ1v) is 14.2. The van der Waals surface area contributed by atoms with Gasteiger partial charge in [-0.3, -0.25) is 9.89 Å². The summed E-state index contributed by atoms with van der Waals surface area (Å²) in [7, 11) is 3.12. The zero-order valence-electron chi connectivity index (χ0n) is 22.1. The number of aromatic nitrogens is 1. The Morgan fingerprint density at radius 3 is 2.51 bits per heavy atom. The van der Waals surface area contributed by atoms with E-state index >= 15 is 4.39 Å². The van der Waals surface area contributed by atoms with Crippen LogP contribution < -0.4 is 4.90 Å². The van der Waals surface area contributed by atoms with Crippen LogP contribution in [0.4, 0.5) is 10.1 Å². The van der Waals surface area contributed by atoms with Crippen molar-refractivity contribution in [2.24, 2.45) is 18.0 Å². The number of fused-ring (bicyclic) bond motifs is 1. The van der Waals surface area contributed by atoms with Crippen molar-refractivity contribution in [3.8, 4) is 0 Å². The molecule has 39 heavy (non-hydrogen) atoms. The quantitative estimate of drug-likeness (QED) is 0.321. The van der Waals surface area contributed by atoms with Gasteiger partial charge in [0.15, 0.2) is 0 Å². The molecule has 3 aromatic rings. The number of carbonyl (C=O) groups excluding carboxylic acids is 1. The first kappa shape index (κ1) is 26.4. The Morgan fingerprint density at radius 1 is 1.13 bits per heavy atom. The largest absolute Gasteiger partial charge is 0.465 e. The van der Waals surface area contributed by atoms with Crippen molar-refractivity contribution in [2.45, 2.75) is 19.3 Å². The van der Waals surface area contributed by atoms with Crippen LogP contribution in [0.5, 0.6) is 0 Å². The number of aryl methyl sites for hydroxylation is 1. The van der Waals surface area contributed by atoms with Gasteiger partial charge in [0.1, 0.15) is 5.82 Å². The summed E-state index contributed by atoms with van der Waals surface area (Å²) in [6.45, 7) is 5.02. The average Bonchev–Trinajstić information content (AvgIpc) is 3.61. The summed E-state index contributed by atoms with van der Waals surface area (Å²) in [5.41, 5.74) is 6.34. The summed E-state index contributed by atoms with van der Waals surface area (Å²) in [4.78, 5) is 21.7. The van der Waals surface area contributed by atoms with Crippen LogP contribution in [0, 0.1) is 11.7 Å². The molecule has 1 saturated carbocycles. The smallest absolute Gasteiger partial charge is 0.340 e. The van der Waals surface area contributed by atoms with E-state index in [1.165, 1.54) is 37.2 Å². The lowest BCUT2D eigenvalue weighted by Gasteiger charge is -2.36. The zero-order chi connectivity index (χ0) is 27.3. The predicted octanol–water partition coefficient (Wildman–Crippen LogP) is 6.13. The van der Waals surface area contributed by atoms with Gasteiger partial charge in [0.05, 0.1) is 45.9 Å². The summed E-state index contributed by atoms with van der Waals surface area (Å²) in [5.74, 6) is -0.300. The summed E-state index contributed by atoms with van der Waals surface area (Å²) < 4.78 is 21.8. The maximum Gasteiger partial charge on any atom is 0.340 e. The van der Waals surface area contributed by atoms with Crippen molar-refractivity contribution in [1.29, 1.82) is 0 Å². The minimum atomic E-state index is -0.534. The highest BCUT2D eigenvalue weighted by Gasteiger charge is 2.34. The van der Waals surface area contributed by atoms with E-state index in [0.29, 0.717) is 26.9 Å². The Kier molecular flexibility index (Phi) is 7.16. The first-order valence-electron chi connectivity index (χ1n) is 13.4. The van der Waals surface area contributed by atoms with Gasteiger partial charge in [-0.25, -0.2) is 9.18 Å². The molecule has 9 heteroatoms. The normalized spacial score (nSPS) is 18.3. The van der Waals surface area contributed by atoms with E-state index in [-0.39, 0.29) is 5.56 Å². The molecule has 1 aliphatic carbocycles. The molecule has 0 amide bonds. The van der Waals surface area contributed by atoms with E-state index in [0.717, 1.165) is 62.7 Å². The van der Waals surface area contributed by atoms with Gasteiger partial charge in [0.25, 0.3) is 0 Å². The summed E-state index contributed by atoms with van der Waals surface area (Å²) in [5, 5.41) is 1.59. The van der Waals surface area contributed by atoms with Crippen LogP contribution in [0.25, 0.3) is 10.9 Å². The van der Waals surface area contributed by atoms with E-state index in [1.54, 1.807) is 10.8 Å². The molecule has 2 aromatic carbocycles. The van der Waals surface area contributed by atoms with Gasteiger partial charge in [-0.2, -0.15) is 0 Å². The third-order valence-electron chi connectivity index (χ3n) is 8.20. The van der Waals surface area contributed by atoms with E-state index in [1.807, 2.05) is 31.3 Å². The van der Waals surface area contributed by atoms with Crippen LogP contribution in [0.15, 0.2) is 52.7 Å². The number of halogens is 3. The van der Waals surface area contributed by atoms with Gasteiger partial charge in [-0.05, 0) is 60.6 Å². The maximum atomic E-state index is 15.2. The van der Waals surface area contributed by atoms with Crippen LogP contribution in [0.3, 0.4) is 0 Å². The minimum absolute atomic E-state index is 0.247. The summed E-state index contributed by atoms with van der Waals surface area (Å²) in [6, 6.07) is 9.12. The molecule has 2 fully saturated rings. The number of benzene rings is 2. The highest BCUT2D eigenvalue weighted by molar-refractivity contribution is 6.41. The Hall–Kier alpha value is -2.87. The van der Waals surface area contributed by atoms with Crippen molar-refractivity contribution in [3.05, 3.63) is 74.7 Å². The van der Waals surface area contributed by atoms with Gasteiger partial charge in [0.2, 0.25) is 0 Å². The van der Waals surface area contributed by atoms with Gasteiger partial charge in [-0.15, -0.1) is 0 Å². The molecule has 6 rings (SSSR count). The third kappa shape index (κ3) is 4.96. The summed E-state index contributed by atoms with van der Waals surface area (Å²) in [6.07, 6.45) is 5.01. The number of aliphatic imine (C=N–C) groups is 1. The molecule has 1 aromatic heterocycles. The van der Waals surface area contributed by atoms with Crippen molar-refractivity contribution in [1.82, 2.24) is 9.47 Å². The number of ether oxygens (including phenoxy) is 1. The van der Waals surface area contributed by atoms with Gasteiger partial charge >= 0.3 is 5.97 Å². The number of hydrogen-bond donors (Lipinski definition) is 0. The standard InChI is InChI=1S/C30H31Cl2FN4O2/c1-35-17-22(30(38)39-2)27-25(33)14-19(15-26(27)35)37-12-10-36(11-13-37)9-8-20-21(18-6-7-18)16-34-29(20)28-23(31)4-3-5-24(28)32/h3-5,14-15,17-18H,6-13,16H2,1-2H3. The third-order valence-corrected chi connectivity index (χ3v) is 8.83. The molecule has 204 valence electrons. The zero-order valence-corrected chi connectivity index (χ0v) is 23.7. The topological polar surface area (TPSA) is 50.1 Å². The molecule has 0 spiro atoms. The molecule has 0 unspecified atom stereocenters. The molecule has 0 N–H and O–H groups in total. The molecule has 0 radical (unpaired) electrons. The van der Waals surface area contributed by atoms with Crippen LogP contribution >= 0.6 is 23.2 Å². The molecular formula is C30H31Cl2FN4O2. The number of anilines is 1. The summed E-state index contributed by atoms with van der Waals surface area (Å²) >= 11 is 13.1. The molecule has 0 bridgehead atoms. The van der Waals surface area contributed by atoms with E-state index < -0.39 is 11.8 Å². The van der Waals surface area contributed by atoms with Gasteiger partial charge < -0.3 is 14.2 Å². The molecular weight excluding hydrogens is 538 g/mol. The average molecular weight is 570 g/mol. The number of esters is 1. The van der Waals surface area contributed by atoms with E-state index in [2.05, 4.69) is 9.80 Å². The number of rotatable bonds is 7. The molecule has 0 atom stereocenters. The second-order valence-electron chi connectivity index (χ2n) is 10.6. The highest BCUT2D eigenvalue weighted by Crippen LogP contribution is 2.43. The molecule has 2 aliphatic heterocycles. The van der Waals surface area contributed by atoms with Crippen molar-refractivity contribution >= 4 is 51.5 Å². The maximum absolute atomic E-state index is 15.2. The molecule has 3 aliphatic rings. The Morgan fingerprint density at radius 2 is 1.85 bits per heavy atom. The minimum Gasteiger partial charge on any atom is -0.465 e. The predicted molar refractivity (Wildman–Crippen MR) is 155 cm³/mol. The number of carbonyl (C=O) groups is 1. The monoisotopic (exact) mass is 568 g/mol. The Bertz CT molecular complexity index is 1500. The fraction of sp³-hybridized carbons (Fsp3) is 0.400. The number of piperazine rings is 1. The fourth-order valence-corrected chi connectivity index (χ4v) is 6.52. The number of hydrogen-bond acceptors (Lipinski definition) is 5. The Labute approximate surface area is 237 Å². The lowest BCUT2D eigenvalue weighted by molar-refractivity contribution is 0.0602. The second kappa shape index (κ2) is 10.6. The van der Waals surface area contributed by atoms with Gasteiger partial charge in [-0.1, -0.05) is 29.3 Å². The van der Waals surface area contributed by atoms with Crippen LogP contribution in [0.1, 0.15) is 35.2 Å². The number of nitrogens with zero attached hydrogens (tertiary/aromatic N) is 4. The van der Waals surface area contributed by atoms with Crippen molar-refractivity contribution in [2.75, 3.05) is 51.3 Å². The Balaban J connectivity index is 1.15. The molecule has 1 saturated heterocycles. The van der Waals surface area contributed by atoms with Gasteiger partial charge in [0, 0.05) is 57.2 Å². The highest BCUT2D eigenvalue weighted by atomic mass is 35.5. The van der Waals surface area contributed by atoms with Crippen LogP contribution in [-0.2, 0) is 11.8 Å². The lowest BCUT2D eigenvalue weighted by Crippen LogP contribution is -2.46. The number of methoxy groups -OCH3 is 1. The first-order chi connectivity index (χ1) is 18.9. The SMILES string of the molecule is COC(=O)c1cn(C)c2cc(N3CCN(CCC4=C(C5CC5)CN=C4c4c(Cl)cccc4Cl)CC3)cc(F)c12. The van der Waals surface area contributed by atoms with Crippen LogP contribution in [-0.4, -0.2) is 67.5 Å². The molecule has 3 heterocycles. The fourth-order valence-electron chi connectivity index (χ4n) is 5.95. The van der Waals surface area contributed by atoms with E-state index in [4.69, 9.17) is 32.9 Å².